The van der Waals surface area contributed by atoms with Crippen molar-refractivity contribution in [2.24, 2.45) is 5.92 Å². The standard InChI is InChI=1S/C7H12N2OS/c1-5(2)3-9-4-6(10)8-7(9)11/h5H,3-4H2,1-2H3,(H,8,10,11). The largest absolute Gasteiger partial charge is 0.339 e. The van der Waals surface area contributed by atoms with Crippen molar-refractivity contribution in [2.45, 2.75) is 13.8 Å². The lowest BCUT2D eigenvalue weighted by Gasteiger charge is -2.17. The van der Waals surface area contributed by atoms with Gasteiger partial charge in [0.25, 0.3) is 0 Å². The number of nitrogens with one attached hydrogen (secondary N) is 1. The number of carbonyl (C=O) groups is 1. The van der Waals surface area contributed by atoms with Gasteiger partial charge in [0.15, 0.2) is 5.11 Å². The fourth-order valence-corrected chi connectivity index (χ4v) is 1.32. The van der Waals surface area contributed by atoms with E-state index in [1.54, 1.807) is 0 Å². The molecule has 0 radical (unpaired) electrons. The van der Waals surface area contributed by atoms with E-state index in [0.29, 0.717) is 17.6 Å². The Balaban J connectivity index is 2.47. The molecule has 0 atom stereocenters. The Morgan fingerprint density at radius 2 is 2.36 bits per heavy atom. The molecule has 1 rings (SSSR count). The van der Waals surface area contributed by atoms with Crippen LogP contribution in [0.3, 0.4) is 0 Å². The summed E-state index contributed by atoms with van der Waals surface area (Å²) in [7, 11) is 0. The van der Waals surface area contributed by atoms with Crippen molar-refractivity contribution in [1.82, 2.24) is 10.2 Å². The summed E-state index contributed by atoms with van der Waals surface area (Å²) in [6, 6.07) is 0. The van der Waals surface area contributed by atoms with Gasteiger partial charge in [0, 0.05) is 6.54 Å². The topological polar surface area (TPSA) is 32.3 Å². The van der Waals surface area contributed by atoms with Crippen molar-refractivity contribution >= 4 is 23.2 Å². The summed E-state index contributed by atoms with van der Waals surface area (Å²) >= 11 is 4.93. The van der Waals surface area contributed by atoms with Crippen molar-refractivity contribution in [3.8, 4) is 0 Å². The molecule has 0 spiro atoms. The van der Waals surface area contributed by atoms with Crippen molar-refractivity contribution < 1.29 is 4.79 Å². The molecule has 1 aliphatic rings. The van der Waals surface area contributed by atoms with E-state index in [4.69, 9.17) is 12.2 Å². The molecule has 62 valence electrons. The first-order valence-corrected chi connectivity index (χ1v) is 4.09. The number of hydrogen-bond donors (Lipinski definition) is 1. The minimum Gasteiger partial charge on any atom is -0.339 e. The minimum absolute atomic E-state index is 0.00986. The van der Waals surface area contributed by atoms with Crippen LogP contribution in [0.2, 0.25) is 0 Å². The van der Waals surface area contributed by atoms with Crippen LogP contribution in [0.1, 0.15) is 13.8 Å². The van der Waals surface area contributed by atoms with E-state index in [1.165, 1.54) is 0 Å². The fourth-order valence-electron chi connectivity index (χ4n) is 1.07. The van der Waals surface area contributed by atoms with Crippen LogP contribution < -0.4 is 5.32 Å². The third-order valence-corrected chi connectivity index (χ3v) is 1.81. The molecule has 0 aromatic carbocycles. The monoisotopic (exact) mass is 172 g/mol. The SMILES string of the molecule is CC(C)CN1CC(=O)NC1=S. The number of hydrogen-bond acceptors (Lipinski definition) is 2. The van der Waals surface area contributed by atoms with Gasteiger partial charge in [-0.15, -0.1) is 0 Å². The van der Waals surface area contributed by atoms with E-state index in [-0.39, 0.29) is 5.91 Å². The second kappa shape index (κ2) is 3.17. The first-order chi connectivity index (χ1) is 5.09. The van der Waals surface area contributed by atoms with Crippen molar-refractivity contribution in [1.29, 1.82) is 0 Å². The predicted octanol–water partition coefficient (Wildman–Crippen LogP) is 0.359. The minimum atomic E-state index is 0.00986. The molecule has 1 N–H and O–H groups in total. The zero-order valence-corrected chi connectivity index (χ0v) is 7.57. The van der Waals surface area contributed by atoms with Crippen LogP contribution in [0.25, 0.3) is 0 Å². The summed E-state index contributed by atoms with van der Waals surface area (Å²) in [5.74, 6) is 0.552. The van der Waals surface area contributed by atoms with Crippen molar-refractivity contribution in [2.75, 3.05) is 13.1 Å². The molecule has 1 amide bonds. The van der Waals surface area contributed by atoms with Gasteiger partial charge in [-0.2, -0.15) is 0 Å². The van der Waals surface area contributed by atoms with Gasteiger partial charge in [0.05, 0.1) is 6.54 Å². The quantitative estimate of drug-likeness (QED) is 0.610. The summed E-state index contributed by atoms with van der Waals surface area (Å²) in [5, 5.41) is 3.16. The maximum absolute atomic E-state index is 10.8. The summed E-state index contributed by atoms with van der Waals surface area (Å²) in [6.07, 6.45) is 0. The van der Waals surface area contributed by atoms with Crippen LogP contribution in [0, 0.1) is 5.92 Å². The Bertz CT molecular complexity index is 191. The number of rotatable bonds is 2. The molecule has 11 heavy (non-hydrogen) atoms. The highest BCUT2D eigenvalue weighted by Gasteiger charge is 2.23. The van der Waals surface area contributed by atoms with Gasteiger partial charge in [-0.25, -0.2) is 0 Å². The van der Waals surface area contributed by atoms with E-state index >= 15 is 0 Å². The second-order valence-electron chi connectivity index (χ2n) is 3.13. The van der Waals surface area contributed by atoms with Crippen LogP contribution in [-0.2, 0) is 4.79 Å². The molecule has 0 unspecified atom stereocenters. The molecular formula is C7H12N2OS. The Morgan fingerprint density at radius 3 is 2.73 bits per heavy atom. The molecule has 0 saturated carbocycles. The lowest BCUT2D eigenvalue weighted by atomic mass is 10.2. The maximum Gasteiger partial charge on any atom is 0.245 e. The van der Waals surface area contributed by atoms with E-state index in [2.05, 4.69) is 19.2 Å². The first kappa shape index (κ1) is 8.46. The molecule has 1 saturated heterocycles. The van der Waals surface area contributed by atoms with Crippen LogP contribution in [-0.4, -0.2) is 29.0 Å². The zero-order valence-electron chi connectivity index (χ0n) is 6.76. The zero-order chi connectivity index (χ0) is 8.43. The van der Waals surface area contributed by atoms with Crippen LogP contribution in [0.4, 0.5) is 0 Å². The number of amides is 1. The van der Waals surface area contributed by atoms with Gasteiger partial charge < -0.3 is 10.2 Å². The van der Waals surface area contributed by atoms with Crippen LogP contribution in [0.5, 0.6) is 0 Å². The van der Waals surface area contributed by atoms with Crippen molar-refractivity contribution in [3.63, 3.8) is 0 Å². The second-order valence-corrected chi connectivity index (χ2v) is 3.51. The Morgan fingerprint density at radius 1 is 1.73 bits per heavy atom. The molecule has 1 aliphatic heterocycles. The van der Waals surface area contributed by atoms with Crippen molar-refractivity contribution in [3.05, 3.63) is 0 Å². The summed E-state index contributed by atoms with van der Waals surface area (Å²) in [4.78, 5) is 12.7. The molecule has 1 heterocycles. The Kier molecular flexibility index (Phi) is 2.44. The molecule has 1 fully saturated rings. The van der Waals surface area contributed by atoms with Gasteiger partial charge in [-0.05, 0) is 18.1 Å². The van der Waals surface area contributed by atoms with Gasteiger partial charge in [-0.3, -0.25) is 4.79 Å². The highest BCUT2D eigenvalue weighted by Crippen LogP contribution is 2.03. The van der Waals surface area contributed by atoms with E-state index in [1.807, 2.05) is 4.90 Å². The molecule has 0 bridgehead atoms. The summed E-state index contributed by atoms with van der Waals surface area (Å²) < 4.78 is 0. The number of thiocarbonyl (C=S) groups is 1. The molecule has 0 aliphatic carbocycles. The number of carbonyl (C=O) groups excluding carboxylic acids is 1. The third-order valence-electron chi connectivity index (χ3n) is 1.45. The summed E-state index contributed by atoms with van der Waals surface area (Å²) in [6.45, 7) is 5.49. The molecular weight excluding hydrogens is 160 g/mol. The molecule has 3 nitrogen and oxygen atoms in total. The maximum atomic E-state index is 10.8. The first-order valence-electron chi connectivity index (χ1n) is 3.68. The third kappa shape index (κ3) is 2.15. The smallest absolute Gasteiger partial charge is 0.245 e. The van der Waals surface area contributed by atoms with Gasteiger partial charge in [0.1, 0.15) is 0 Å². The van der Waals surface area contributed by atoms with Crippen LogP contribution >= 0.6 is 12.2 Å². The predicted molar refractivity (Wildman–Crippen MR) is 47.2 cm³/mol. The fraction of sp³-hybridized carbons (Fsp3) is 0.714. The highest BCUT2D eigenvalue weighted by molar-refractivity contribution is 7.80. The van der Waals surface area contributed by atoms with Gasteiger partial charge in [-0.1, -0.05) is 13.8 Å². The van der Waals surface area contributed by atoms with E-state index in [0.717, 1.165) is 6.54 Å². The molecule has 0 aromatic rings. The summed E-state index contributed by atoms with van der Waals surface area (Å²) in [5.41, 5.74) is 0. The average Bonchev–Trinajstić information content (AvgIpc) is 2.09. The molecule has 4 heteroatoms. The average molecular weight is 172 g/mol. The Hall–Kier alpha value is -0.640. The Labute approximate surface area is 71.8 Å². The van der Waals surface area contributed by atoms with Gasteiger partial charge in [0.2, 0.25) is 5.91 Å². The normalized spacial score (nSPS) is 17.9. The van der Waals surface area contributed by atoms with Gasteiger partial charge >= 0.3 is 0 Å². The lowest BCUT2D eigenvalue weighted by molar-refractivity contribution is -0.118. The van der Waals surface area contributed by atoms with E-state index < -0.39 is 0 Å². The van der Waals surface area contributed by atoms with E-state index in [9.17, 15) is 4.79 Å². The van der Waals surface area contributed by atoms with Crippen LogP contribution in [0.15, 0.2) is 0 Å². The highest BCUT2D eigenvalue weighted by atomic mass is 32.1. The number of nitrogens with zero attached hydrogens (tertiary/aromatic N) is 1. The molecule has 0 aromatic heterocycles. The lowest BCUT2D eigenvalue weighted by Crippen LogP contribution is -2.31.